The number of alkyl halides is 4. The molecular weight excluding hydrogens is 404 g/mol. The van der Waals surface area contributed by atoms with E-state index in [1.807, 2.05) is 0 Å². The van der Waals surface area contributed by atoms with Crippen LogP contribution in [0.15, 0.2) is 0 Å². The zero-order chi connectivity index (χ0) is 9.28. The zero-order valence-corrected chi connectivity index (χ0v) is 13.1. The molecule has 0 fully saturated rings. The van der Waals surface area contributed by atoms with Gasteiger partial charge in [0.1, 0.15) is 0 Å². The van der Waals surface area contributed by atoms with Crippen molar-refractivity contribution in [1.82, 2.24) is 0 Å². The SMILES string of the molecule is CCC(Br)Br.CCCC(Br)Br. The van der Waals surface area contributed by atoms with E-state index in [0.717, 1.165) is 6.42 Å². The summed E-state index contributed by atoms with van der Waals surface area (Å²) in [6, 6.07) is 0. The maximum absolute atomic E-state index is 3.35. The molecule has 0 nitrogen and oxygen atoms in total. The quantitative estimate of drug-likeness (QED) is 0.538. The highest BCUT2D eigenvalue weighted by atomic mass is 79.9. The van der Waals surface area contributed by atoms with Crippen molar-refractivity contribution in [3.05, 3.63) is 0 Å². The van der Waals surface area contributed by atoms with E-state index in [9.17, 15) is 0 Å². The third kappa shape index (κ3) is 24.5. The molecule has 0 aromatic heterocycles. The van der Waals surface area contributed by atoms with Gasteiger partial charge in [-0.2, -0.15) is 0 Å². The molecule has 70 valence electrons. The fourth-order valence-electron chi connectivity index (χ4n) is 0.218. The van der Waals surface area contributed by atoms with Crippen molar-refractivity contribution < 1.29 is 0 Å². The minimum Gasteiger partial charge on any atom is -0.0765 e. The van der Waals surface area contributed by atoms with Crippen LogP contribution in [0.2, 0.25) is 0 Å². The summed E-state index contributed by atoms with van der Waals surface area (Å²) >= 11 is 13.3. The molecule has 0 aromatic rings. The smallest absolute Gasteiger partial charge is 0.0697 e. The van der Waals surface area contributed by atoms with Gasteiger partial charge in [-0.25, -0.2) is 0 Å². The van der Waals surface area contributed by atoms with Crippen LogP contribution in [0.1, 0.15) is 33.1 Å². The predicted octanol–water partition coefficient (Wildman–Crippen LogP) is 5.41. The van der Waals surface area contributed by atoms with Crippen molar-refractivity contribution in [2.45, 2.75) is 40.6 Å². The van der Waals surface area contributed by atoms with Gasteiger partial charge in [0.25, 0.3) is 0 Å². The average molecular weight is 418 g/mol. The molecule has 0 amide bonds. The topological polar surface area (TPSA) is 0 Å². The monoisotopic (exact) mass is 414 g/mol. The molecule has 0 bridgehead atoms. The fourth-order valence-corrected chi connectivity index (χ4v) is 1.13. The lowest BCUT2D eigenvalue weighted by molar-refractivity contribution is 0.883. The van der Waals surface area contributed by atoms with Crippen LogP contribution in [0.4, 0.5) is 0 Å². The highest BCUT2D eigenvalue weighted by molar-refractivity contribution is 9.25. The Labute approximate surface area is 103 Å². The van der Waals surface area contributed by atoms with Gasteiger partial charge >= 0.3 is 0 Å². The van der Waals surface area contributed by atoms with Gasteiger partial charge < -0.3 is 0 Å². The molecule has 0 N–H and O–H groups in total. The number of halogens is 4. The van der Waals surface area contributed by atoms with E-state index in [0.29, 0.717) is 7.47 Å². The van der Waals surface area contributed by atoms with E-state index in [1.54, 1.807) is 0 Å². The van der Waals surface area contributed by atoms with Crippen LogP contribution in [-0.4, -0.2) is 7.47 Å². The molecule has 0 aliphatic carbocycles. The highest BCUT2D eigenvalue weighted by Gasteiger charge is 1.90. The lowest BCUT2D eigenvalue weighted by Crippen LogP contribution is -1.78. The molecule has 0 radical (unpaired) electrons. The summed E-state index contributed by atoms with van der Waals surface area (Å²) in [6.07, 6.45) is 3.58. The first-order valence-corrected chi connectivity index (χ1v) is 7.27. The van der Waals surface area contributed by atoms with Crippen LogP contribution in [-0.2, 0) is 0 Å². The van der Waals surface area contributed by atoms with Gasteiger partial charge in [0, 0.05) is 0 Å². The van der Waals surface area contributed by atoms with Crippen LogP contribution in [0.5, 0.6) is 0 Å². The Morgan fingerprint density at radius 3 is 1.27 bits per heavy atom. The number of hydrogen-bond donors (Lipinski definition) is 0. The number of rotatable bonds is 3. The van der Waals surface area contributed by atoms with Gasteiger partial charge in [-0.05, 0) is 12.8 Å². The first kappa shape index (κ1) is 15.4. The van der Waals surface area contributed by atoms with Crippen LogP contribution in [0.25, 0.3) is 0 Å². The summed E-state index contributed by atoms with van der Waals surface area (Å²) in [5, 5.41) is 0. The molecule has 4 heteroatoms. The largest absolute Gasteiger partial charge is 0.0765 e. The number of hydrogen-bond acceptors (Lipinski definition) is 0. The molecule has 0 aliphatic heterocycles. The summed E-state index contributed by atoms with van der Waals surface area (Å²) in [4.78, 5) is 0. The van der Waals surface area contributed by atoms with Crippen LogP contribution >= 0.6 is 63.7 Å². The van der Waals surface area contributed by atoms with E-state index >= 15 is 0 Å². The predicted molar refractivity (Wildman–Crippen MR) is 68.5 cm³/mol. The molecule has 0 atom stereocenters. The molecule has 0 aromatic carbocycles. The minimum absolute atomic E-state index is 0.509. The summed E-state index contributed by atoms with van der Waals surface area (Å²) in [6.45, 7) is 4.27. The van der Waals surface area contributed by atoms with E-state index in [1.165, 1.54) is 12.8 Å². The van der Waals surface area contributed by atoms with Crippen molar-refractivity contribution in [2.75, 3.05) is 0 Å². The first-order chi connectivity index (χ1) is 5.04. The van der Waals surface area contributed by atoms with Gasteiger partial charge in [-0.1, -0.05) is 84.0 Å². The van der Waals surface area contributed by atoms with E-state index in [4.69, 9.17) is 0 Å². The molecule has 0 saturated carbocycles. The Kier molecular flexibility index (Phi) is 16.7. The molecular formula is C7H14Br4. The standard InChI is InChI=1S/C4H8Br2.C3H6Br2/c1-2-3-4(5)6;1-2-3(4)5/h4H,2-3H2,1H3;3H,2H2,1H3. The molecule has 0 saturated heterocycles. The van der Waals surface area contributed by atoms with Gasteiger partial charge in [-0.15, -0.1) is 0 Å². The fraction of sp³-hybridized carbons (Fsp3) is 1.00. The van der Waals surface area contributed by atoms with Crippen molar-refractivity contribution >= 4 is 63.7 Å². The maximum Gasteiger partial charge on any atom is 0.0697 e. The Morgan fingerprint density at radius 2 is 1.27 bits per heavy atom. The van der Waals surface area contributed by atoms with Crippen LogP contribution in [0.3, 0.4) is 0 Å². The second-order valence-corrected chi connectivity index (χ2v) is 8.86. The normalized spacial score (nSPS) is 9.82. The summed E-state index contributed by atoms with van der Waals surface area (Å²) in [5.41, 5.74) is 0. The Balaban J connectivity index is 0. The van der Waals surface area contributed by atoms with Crippen LogP contribution < -0.4 is 0 Å². The van der Waals surface area contributed by atoms with Crippen molar-refractivity contribution in [2.24, 2.45) is 0 Å². The maximum atomic E-state index is 3.35. The van der Waals surface area contributed by atoms with Crippen molar-refractivity contribution in [3.63, 3.8) is 0 Å². The third-order valence-electron chi connectivity index (χ3n) is 0.815. The molecule has 0 heterocycles. The second-order valence-electron chi connectivity index (χ2n) is 1.98. The molecule has 0 spiro atoms. The van der Waals surface area contributed by atoms with E-state index in [2.05, 4.69) is 77.6 Å². The van der Waals surface area contributed by atoms with Gasteiger partial charge in [-0.3, -0.25) is 0 Å². The van der Waals surface area contributed by atoms with Gasteiger partial charge in [0.15, 0.2) is 0 Å². The van der Waals surface area contributed by atoms with Gasteiger partial charge in [0.05, 0.1) is 7.47 Å². The highest BCUT2D eigenvalue weighted by Crippen LogP contribution is 2.13. The molecule has 0 aliphatic rings. The molecule has 0 rings (SSSR count). The third-order valence-corrected chi connectivity index (χ3v) is 3.03. The average Bonchev–Trinajstić information content (AvgIpc) is 1.89. The van der Waals surface area contributed by atoms with Crippen molar-refractivity contribution in [3.8, 4) is 0 Å². The summed E-state index contributed by atoms with van der Waals surface area (Å²) in [5.74, 6) is 0. The summed E-state index contributed by atoms with van der Waals surface area (Å²) in [7, 11) is 0. The summed E-state index contributed by atoms with van der Waals surface area (Å²) < 4.78 is 1.03. The molecule has 11 heavy (non-hydrogen) atoms. The first-order valence-electron chi connectivity index (χ1n) is 3.60. The van der Waals surface area contributed by atoms with Crippen molar-refractivity contribution in [1.29, 1.82) is 0 Å². The lowest BCUT2D eigenvalue weighted by atomic mass is 10.4. The minimum atomic E-state index is 0.509. The Bertz CT molecular complexity index is 63.5. The zero-order valence-electron chi connectivity index (χ0n) is 6.79. The molecule has 0 unspecified atom stereocenters. The van der Waals surface area contributed by atoms with E-state index < -0.39 is 0 Å². The van der Waals surface area contributed by atoms with Gasteiger partial charge in [0.2, 0.25) is 0 Å². The Morgan fingerprint density at radius 1 is 0.909 bits per heavy atom. The lowest BCUT2D eigenvalue weighted by Gasteiger charge is -1.91. The second kappa shape index (κ2) is 11.9. The van der Waals surface area contributed by atoms with Crippen LogP contribution in [0, 0.1) is 0 Å². The Hall–Kier alpha value is 1.92. The van der Waals surface area contributed by atoms with E-state index in [-0.39, 0.29) is 0 Å².